The maximum Gasteiger partial charge on any atom is 0.248 e. The number of nitrogens with zero attached hydrogens (tertiary/aromatic N) is 7. The van der Waals surface area contributed by atoms with Crippen molar-refractivity contribution in [2.75, 3.05) is 11.6 Å². The number of hydrogen-bond acceptors (Lipinski definition) is 9. The number of Topliss-reactive ketones (excluding diaryl/α,β-unsaturated/α-hetero) is 1. The van der Waals surface area contributed by atoms with Crippen molar-refractivity contribution in [1.29, 1.82) is 0 Å². The van der Waals surface area contributed by atoms with E-state index in [0.29, 0.717) is 45.7 Å². The summed E-state index contributed by atoms with van der Waals surface area (Å²) < 4.78 is 15.6. The standard InChI is InChI=1S/C29H28BrFN8O3S/c1-14(40)25-18-6-20(17-9-32-15(2)33-10-17)34-11-22(18)38(37-25)12-24(41)39-21(7-29(3)8-23(29)39)28(42)36-27-16(13-43-4)5-19(31)26(30)35-27/h5-6,9-11,21,23H,7-8,12-13H2,1-4H3,(H,35,36,42)/t21-,23+,29-/m0/s1. The number of carbonyl (C=O) groups is 3. The summed E-state index contributed by atoms with van der Waals surface area (Å²) in [5.74, 6) is -0.0903. The van der Waals surface area contributed by atoms with Crippen LogP contribution in [0.15, 0.2) is 35.3 Å². The van der Waals surface area contributed by atoms with E-state index in [1.165, 1.54) is 29.4 Å². The molecule has 2 fully saturated rings. The van der Waals surface area contributed by atoms with E-state index in [2.05, 4.69) is 53.2 Å². The third-order valence-electron chi connectivity index (χ3n) is 8.11. The Labute approximate surface area is 259 Å². The van der Waals surface area contributed by atoms with Gasteiger partial charge in [-0.1, -0.05) is 6.92 Å². The van der Waals surface area contributed by atoms with E-state index in [4.69, 9.17) is 0 Å². The molecular formula is C29H28BrFN8O3S. The molecule has 3 atom stereocenters. The first-order valence-electron chi connectivity index (χ1n) is 13.6. The number of pyridine rings is 2. The van der Waals surface area contributed by atoms with Crippen molar-refractivity contribution in [3.8, 4) is 11.3 Å². The van der Waals surface area contributed by atoms with Crippen LogP contribution in [0.5, 0.6) is 0 Å². The highest BCUT2D eigenvalue weighted by atomic mass is 79.9. The molecule has 1 aliphatic carbocycles. The summed E-state index contributed by atoms with van der Waals surface area (Å²) in [6.07, 6.45) is 8.07. The van der Waals surface area contributed by atoms with Gasteiger partial charge in [0, 0.05) is 47.6 Å². The Balaban J connectivity index is 1.28. The van der Waals surface area contributed by atoms with E-state index in [1.807, 2.05) is 6.26 Å². The molecule has 4 aromatic rings. The van der Waals surface area contributed by atoms with Crippen molar-refractivity contribution in [3.63, 3.8) is 0 Å². The average molecular weight is 668 g/mol. The van der Waals surface area contributed by atoms with Crippen LogP contribution in [-0.2, 0) is 21.9 Å². The van der Waals surface area contributed by atoms with Gasteiger partial charge in [-0.3, -0.25) is 24.0 Å². The van der Waals surface area contributed by atoms with Crippen LogP contribution in [-0.4, -0.2) is 70.6 Å². The van der Waals surface area contributed by atoms with Crippen LogP contribution in [0.1, 0.15) is 48.6 Å². The summed E-state index contributed by atoms with van der Waals surface area (Å²) in [6.45, 7) is 5.10. The Morgan fingerprint density at radius 2 is 1.91 bits per heavy atom. The number of amides is 2. The summed E-state index contributed by atoms with van der Waals surface area (Å²) in [6, 6.07) is 2.28. The van der Waals surface area contributed by atoms with Crippen LogP contribution in [0, 0.1) is 18.2 Å². The molecule has 2 amide bonds. The average Bonchev–Trinajstić information content (AvgIpc) is 3.33. The van der Waals surface area contributed by atoms with Crippen molar-refractivity contribution < 1.29 is 18.8 Å². The number of likely N-dealkylation sites (tertiary alicyclic amines) is 1. The highest BCUT2D eigenvalue weighted by molar-refractivity contribution is 9.10. The topological polar surface area (TPSA) is 136 Å². The molecule has 14 heteroatoms. The number of aryl methyl sites for hydroxylation is 1. The fraction of sp³-hybridized carbons (Fsp3) is 0.379. The molecule has 5 heterocycles. The number of rotatable bonds is 8. The molecule has 0 aromatic carbocycles. The number of fused-ring (bicyclic) bond motifs is 2. The Hall–Kier alpha value is -3.78. The van der Waals surface area contributed by atoms with E-state index in [0.717, 1.165) is 6.42 Å². The lowest BCUT2D eigenvalue weighted by molar-refractivity contribution is -0.138. The molecule has 1 saturated carbocycles. The van der Waals surface area contributed by atoms with E-state index in [1.54, 1.807) is 36.5 Å². The lowest BCUT2D eigenvalue weighted by Gasteiger charge is -2.27. The lowest BCUT2D eigenvalue weighted by Crippen LogP contribution is -2.47. The quantitative estimate of drug-likeness (QED) is 0.212. The van der Waals surface area contributed by atoms with Gasteiger partial charge in [-0.05, 0) is 59.5 Å². The van der Waals surface area contributed by atoms with Crippen molar-refractivity contribution in [3.05, 3.63) is 58.2 Å². The van der Waals surface area contributed by atoms with E-state index >= 15 is 0 Å². The molecule has 1 N–H and O–H groups in total. The molecular weight excluding hydrogens is 639 g/mol. The largest absolute Gasteiger partial charge is 0.325 e. The van der Waals surface area contributed by atoms with Crippen LogP contribution in [0.3, 0.4) is 0 Å². The number of halogens is 2. The first-order valence-corrected chi connectivity index (χ1v) is 15.8. The van der Waals surface area contributed by atoms with Gasteiger partial charge in [0.25, 0.3) is 0 Å². The van der Waals surface area contributed by atoms with Gasteiger partial charge in [-0.25, -0.2) is 19.3 Å². The van der Waals surface area contributed by atoms with Crippen molar-refractivity contribution in [1.82, 2.24) is 34.6 Å². The smallest absolute Gasteiger partial charge is 0.248 e. The van der Waals surface area contributed by atoms with Crippen LogP contribution < -0.4 is 5.32 Å². The monoisotopic (exact) mass is 666 g/mol. The molecule has 4 aromatic heterocycles. The third kappa shape index (κ3) is 5.42. The molecule has 0 radical (unpaired) electrons. The fourth-order valence-electron chi connectivity index (χ4n) is 5.78. The summed E-state index contributed by atoms with van der Waals surface area (Å²) in [7, 11) is 0. The second-order valence-corrected chi connectivity index (χ2v) is 12.9. The highest BCUT2D eigenvalue weighted by Gasteiger charge is 2.64. The van der Waals surface area contributed by atoms with E-state index in [9.17, 15) is 18.8 Å². The second-order valence-electron chi connectivity index (χ2n) is 11.3. The van der Waals surface area contributed by atoms with Gasteiger partial charge in [-0.2, -0.15) is 16.9 Å². The van der Waals surface area contributed by atoms with Gasteiger partial charge in [0.05, 0.1) is 17.4 Å². The number of piperidine rings is 1. The number of carbonyl (C=O) groups excluding carboxylic acids is 3. The van der Waals surface area contributed by atoms with Gasteiger partial charge in [0.2, 0.25) is 11.8 Å². The minimum absolute atomic E-state index is 0.000299. The predicted octanol–water partition coefficient (Wildman–Crippen LogP) is 4.58. The Morgan fingerprint density at radius 1 is 1.16 bits per heavy atom. The number of aromatic nitrogens is 6. The molecule has 43 heavy (non-hydrogen) atoms. The highest BCUT2D eigenvalue weighted by Crippen LogP contribution is 2.59. The Morgan fingerprint density at radius 3 is 2.60 bits per heavy atom. The van der Waals surface area contributed by atoms with Crippen LogP contribution in [0.4, 0.5) is 10.2 Å². The molecule has 0 unspecified atom stereocenters. The number of hydrogen-bond donors (Lipinski definition) is 1. The minimum Gasteiger partial charge on any atom is -0.325 e. The van der Waals surface area contributed by atoms with Gasteiger partial charge in [0.1, 0.15) is 34.5 Å². The molecule has 1 saturated heterocycles. The molecule has 2 aliphatic rings. The van der Waals surface area contributed by atoms with E-state index < -0.39 is 11.9 Å². The molecule has 1 aliphatic heterocycles. The zero-order valence-corrected chi connectivity index (χ0v) is 26.3. The van der Waals surface area contributed by atoms with Crippen LogP contribution >= 0.6 is 27.7 Å². The Bertz CT molecular complexity index is 1800. The summed E-state index contributed by atoms with van der Waals surface area (Å²) in [4.78, 5) is 58.8. The van der Waals surface area contributed by atoms with Gasteiger partial charge in [-0.15, -0.1) is 0 Å². The van der Waals surface area contributed by atoms with Crippen LogP contribution in [0.2, 0.25) is 0 Å². The fourth-order valence-corrected chi connectivity index (χ4v) is 6.61. The lowest BCUT2D eigenvalue weighted by atomic mass is 10.0. The van der Waals surface area contributed by atoms with Gasteiger partial charge < -0.3 is 10.2 Å². The maximum atomic E-state index is 14.2. The number of nitrogens with one attached hydrogen (secondary N) is 1. The third-order valence-corrected chi connectivity index (χ3v) is 9.27. The molecule has 6 rings (SSSR count). The zero-order valence-electron chi connectivity index (χ0n) is 23.9. The number of thioether (sulfide) groups is 1. The molecule has 0 bridgehead atoms. The normalized spacial score (nSPS) is 20.7. The SMILES string of the molecule is CSCc1cc(F)c(Br)nc1NC(=O)[C@@H]1C[C@@]2(C)C[C@H]2N1C(=O)Cn1nc(C(C)=O)c2cc(-c3cnc(C)nc3)ncc21. The summed E-state index contributed by atoms with van der Waals surface area (Å²) in [5.41, 5.74) is 2.40. The summed E-state index contributed by atoms with van der Waals surface area (Å²) >= 11 is 4.58. The van der Waals surface area contributed by atoms with Gasteiger partial charge in [0.15, 0.2) is 11.6 Å². The predicted molar refractivity (Wildman–Crippen MR) is 163 cm³/mol. The Kier molecular flexibility index (Phi) is 7.53. The second kappa shape index (κ2) is 11.1. The van der Waals surface area contributed by atoms with Gasteiger partial charge >= 0.3 is 0 Å². The first-order chi connectivity index (χ1) is 20.5. The number of ketones is 1. The van der Waals surface area contributed by atoms with Crippen molar-refractivity contribution in [2.24, 2.45) is 5.41 Å². The van der Waals surface area contributed by atoms with Crippen molar-refractivity contribution >= 4 is 62.0 Å². The van der Waals surface area contributed by atoms with Crippen LogP contribution in [0.25, 0.3) is 22.2 Å². The zero-order chi connectivity index (χ0) is 30.6. The minimum atomic E-state index is -0.732. The molecule has 222 valence electrons. The number of anilines is 1. The van der Waals surface area contributed by atoms with E-state index in [-0.39, 0.29) is 51.7 Å². The molecule has 0 spiro atoms. The first kappa shape index (κ1) is 29.3. The molecule has 11 nitrogen and oxygen atoms in total. The van der Waals surface area contributed by atoms with Crippen molar-refractivity contribution in [2.45, 2.75) is 58.0 Å². The summed E-state index contributed by atoms with van der Waals surface area (Å²) in [5, 5.41) is 7.89. The maximum absolute atomic E-state index is 14.2.